The lowest BCUT2D eigenvalue weighted by Crippen LogP contribution is -2.36. The van der Waals surface area contributed by atoms with Crippen molar-refractivity contribution in [1.82, 2.24) is 20.0 Å². The number of likely N-dealkylation sites (tertiary alicyclic amines) is 1. The van der Waals surface area contributed by atoms with Gasteiger partial charge in [0.2, 0.25) is 12.3 Å². The van der Waals surface area contributed by atoms with Crippen molar-refractivity contribution in [2.24, 2.45) is 0 Å². The molecule has 1 aliphatic rings. The Morgan fingerprint density at radius 3 is 2.30 bits per heavy atom. The summed E-state index contributed by atoms with van der Waals surface area (Å²) >= 11 is 11.2. The highest BCUT2D eigenvalue weighted by Crippen LogP contribution is 2.32. The number of rotatable bonds is 5. The number of alkyl halides is 3. The first kappa shape index (κ1) is 29.5. The largest absolute Gasteiger partial charge is 0.423 e. The molecule has 2 heterocycles. The molecule has 210 valence electrons. The van der Waals surface area contributed by atoms with Crippen LogP contribution in [0.15, 0.2) is 77.5 Å². The normalized spacial score (nSPS) is 15.2. The van der Waals surface area contributed by atoms with Crippen molar-refractivity contribution in [3.8, 4) is 11.5 Å². The van der Waals surface area contributed by atoms with Crippen LogP contribution in [-0.2, 0) is 12.7 Å². The first-order valence-corrected chi connectivity index (χ1v) is 12.9. The molecule has 1 unspecified atom stereocenters. The van der Waals surface area contributed by atoms with Gasteiger partial charge >= 0.3 is 6.18 Å². The smallest absolute Gasteiger partial charge is 0.419 e. The van der Waals surface area contributed by atoms with Gasteiger partial charge in [0, 0.05) is 36.8 Å². The molecule has 0 spiro atoms. The zero-order chi connectivity index (χ0) is 28.9. The predicted octanol–water partition coefficient (Wildman–Crippen LogP) is 7.23. The second kappa shape index (κ2) is 12.8. The summed E-state index contributed by atoms with van der Waals surface area (Å²) in [6.45, 7) is 1.31. The summed E-state index contributed by atoms with van der Waals surface area (Å²) in [5.41, 5.74) is 0.411. The highest BCUT2D eigenvalue weighted by Gasteiger charge is 2.34. The molecule has 1 aliphatic heterocycles. The zero-order valence-corrected chi connectivity index (χ0v) is 22.7. The van der Waals surface area contributed by atoms with E-state index in [1.807, 2.05) is 24.1 Å². The Bertz CT molecular complexity index is 1410. The molecule has 40 heavy (non-hydrogen) atoms. The van der Waals surface area contributed by atoms with E-state index in [-0.39, 0.29) is 18.5 Å². The number of carbonyl (C=O) groups is 1. The number of hydrogen-bond acceptors (Lipinski definition) is 5. The molecule has 0 saturated carbocycles. The molecular weight excluding hydrogens is 571 g/mol. The lowest BCUT2D eigenvalue weighted by Gasteiger charge is -2.25. The van der Waals surface area contributed by atoms with Crippen molar-refractivity contribution in [3.05, 3.63) is 106 Å². The van der Waals surface area contributed by atoms with Crippen LogP contribution in [0.5, 0.6) is 0 Å². The molecule has 1 amide bonds. The quantitative estimate of drug-likeness (QED) is 0.228. The van der Waals surface area contributed by atoms with E-state index in [1.54, 1.807) is 41.3 Å². The van der Waals surface area contributed by atoms with Crippen molar-refractivity contribution < 1.29 is 26.8 Å². The second-order valence-corrected chi connectivity index (χ2v) is 9.97. The van der Waals surface area contributed by atoms with E-state index in [4.69, 9.17) is 27.6 Å². The van der Waals surface area contributed by atoms with E-state index in [1.165, 1.54) is 12.5 Å². The summed E-state index contributed by atoms with van der Waals surface area (Å²) < 4.78 is 57.2. The van der Waals surface area contributed by atoms with Gasteiger partial charge in [-0.15, -0.1) is 10.2 Å². The van der Waals surface area contributed by atoms with Crippen LogP contribution in [0.4, 0.5) is 17.6 Å². The summed E-state index contributed by atoms with van der Waals surface area (Å²) in [5, 5.41) is 8.67. The first-order chi connectivity index (χ1) is 19.0. The maximum atomic E-state index is 13.8. The first-order valence-electron chi connectivity index (χ1n) is 12.1. The molecule has 1 fully saturated rings. The number of hydrogen-bond donors (Lipinski definition) is 0. The number of carbonyl (C=O) groups excluding carboxylic acids is 1. The minimum absolute atomic E-state index is 0.0157. The Morgan fingerprint density at radius 1 is 1.07 bits per heavy atom. The summed E-state index contributed by atoms with van der Waals surface area (Å²) in [7, 11) is 1.81. The number of nitrogens with zero attached hydrogens (tertiary/aromatic N) is 4. The Morgan fingerprint density at radius 2 is 1.75 bits per heavy atom. The molecule has 0 aliphatic carbocycles. The maximum Gasteiger partial charge on any atom is 0.419 e. The van der Waals surface area contributed by atoms with Crippen LogP contribution in [0.2, 0.25) is 10.0 Å². The predicted molar refractivity (Wildman–Crippen MR) is 143 cm³/mol. The monoisotopic (exact) mass is 594 g/mol. The number of benzene rings is 3. The molecule has 0 N–H and O–H groups in total. The molecule has 1 atom stereocenters. The molecule has 1 saturated heterocycles. The van der Waals surface area contributed by atoms with Crippen LogP contribution in [0.1, 0.15) is 27.9 Å². The lowest BCUT2D eigenvalue weighted by molar-refractivity contribution is -0.140. The van der Waals surface area contributed by atoms with Crippen LogP contribution in [0.25, 0.3) is 11.5 Å². The molecule has 0 radical (unpaired) electrons. The van der Waals surface area contributed by atoms with E-state index < -0.39 is 17.6 Å². The number of halogens is 6. The maximum absolute atomic E-state index is 13.8. The van der Waals surface area contributed by atoms with E-state index in [2.05, 4.69) is 10.2 Å². The average molecular weight is 595 g/mol. The average Bonchev–Trinajstić information content (AvgIpc) is 3.63. The molecule has 12 heteroatoms. The van der Waals surface area contributed by atoms with Crippen molar-refractivity contribution in [3.63, 3.8) is 0 Å². The van der Waals surface area contributed by atoms with Crippen LogP contribution in [0, 0.1) is 5.82 Å². The van der Waals surface area contributed by atoms with Crippen molar-refractivity contribution in [2.75, 3.05) is 20.1 Å². The Labute approximate surface area is 238 Å². The molecule has 1 aromatic heterocycles. The fourth-order valence-electron chi connectivity index (χ4n) is 4.27. The fourth-order valence-corrected chi connectivity index (χ4v) is 4.54. The van der Waals surface area contributed by atoms with Gasteiger partial charge in [-0.3, -0.25) is 9.69 Å². The zero-order valence-electron chi connectivity index (χ0n) is 21.2. The number of likely N-dealkylation sites (N-methyl/N-ethyl adjacent to an activating group) is 1. The summed E-state index contributed by atoms with van der Waals surface area (Å²) in [6, 6.07) is 17.0. The summed E-state index contributed by atoms with van der Waals surface area (Å²) in [5.74, 6) is -1.03. The minimum atomic E-state index is -4.72. The molecule has 0 bridgehead atoms. The van der Waals surface area contributed by atoms with Gasteiger partial charge in [0.05, 0.1) is 15.6 Å². The van der Waals surface area contributed by atoms with Gasteiger partial charge in [-0.2, -0.15) is 13.2 Å². The Kier molecular flexibility index (Phi) is 9.44. The molecular formula is C28H24Cl2F4N4O2. The van der Waals surface area contributed by atoms with E-state index in [0.717, 1.165) is 12.1 Å². The van der Waals surface area contributed by atoms with E-state index in [9.17, 15) is 22.4 Å². The fraction of sp³-hybridized carbons (Fsp3) is 0.250. The minimum Gasteiger partial charge on any atom is -0.423 e. The molecule has 3 aromatic carbocycles. The van der Waals surface area contributed by atoms with Crippen LogP contribution >= 0.6 is 23.2 Å². The van der Waals surface area contributed by atoms with Gasteiger partial charge in [0.25, 0.3) is 5.91 Å². The molecule has 6 nitrogen and oxygen atoms in total. The van der Waals surface area contributed by atoms with E-state index >= 15 is 0 Å². The molecule has 5 rings (SSSR count). The van der Waals surface area contributed by atoms with Gasteiger partial charge < -0.3 is 9.32 Å². The Balaban J connectivity index is 0.000000398. The van der Waals surface area contributed by atoms with Crippen molar-refractivity contribution >= 4 is 29.1 Å². The van der Waals surface area contributed by atoms with Gasteiger partial charge in [0.1, 0.15) is 5.82 Å². The lowest BCUT2D eigenvalue weighted by atomic mass is 10.1. The number of amides is 1. The Hall–Kier alpha value is -3.47. The third-order valence-corrected chi connectivity index (χ3v) is 7.16. The van der Waals surface area contributed by atoms with Crippen molar-refractivity contribution in [2.45, 2.75) is 25.2 Å². The van der Waals surface area contributed by atoms with Gasteiger partial charge in [-0.1, -0.05) is 41.4 Å². The highest BCUT2D eigenvalue weighted by molar-refractivity contribution is 6.41. The molecule has 4 aromatic rings. The summed E-state index contributed by atoms with van der Waals surface area (Å²) in [6.07, 6.45) is -2.77. The van der Waals surface area contributed by atoms with Gasteiger partial charge in [-0.25, -0.2) is 4.39 Å². The van der Waals surface area contributed by atoms with Crippen LogP contribution in [-0.4, -0.2) is 52.1 Å². The highest BCUT2D eigenvalue weighted by atomic mass is 35.5. The topological polar surface area (TPSA) is 62.5 Å². The SMILES string of the molecule is CN(Cc1ccc(C(F)(F)F)c(F)c1)C1CCN(C(=O)c2ccc(-c3nnco3)cc2)C1.Clc1ccccc1Cl. The van der Waals surface area contributed by atoms with Gasteiger partial charge in [0.15, 0.2) is 0 Å². The van der Waals surface area contributed by atoms with Crippen LogP contribution < -0.4 is 0 Å². The third-order valence-electron chi connectivity index (χ3n) is 6.41. The number of aromatic nitrogens is 2. The second-order valence-electron chi connectivity index (χ2n) is 9.16. The van der Waals surface area contributed by atoms with E-state index in [0.29, 0.717) is 52.1 Å². The third kappa shape index (κ3) is 7.38. The van der Waals surface area contributed by atoms with Crippen LogP contribution in [0.3, 0.4) is 0 Å². The van der Waals surface area contributed by atoms with Gasteiger partial charge in [-0.05, 0) is 67.6 Å². The summed E-state index contributed by atoms with van der Waals surface area (Å²) in [4.78, 5) is 16.5. The standard InChI is InChI=1S/C22H20F4N4O2.C6H4Cl2/c1-29(11-14-2-7-18(19(23)10-14)22(24,25)26)17-8-9-30(12-17)21(31)16-5-3-15(4-6-16)20-28-27-13-32-20;7-5-3-1-2-4-6(5)8/h2-7,10,13,17H,8-9,11-12H2,1H3;1-4H. The van der Waals surface area contributed by atoms with Crippen molar-refractivity contribution in [1.29, 1.82) is 0 Å².